The van der Waals surface area contributed by atoms with E-state index in [0.717, 1.165) is 0 Å². The number of carbonyl (C=O) groups is 3. The number of anilines is 1. The number of carboxylic acids is 1. The molecule has 31 heavy (non-hydrogen) atoms. The fourth-order valence-electron chi connectivity index (χ4n) is 2.90. The lowest BCUT2D eigenvalue weighted by Gasteiger charge is -2.23. The number of carboxylic acid groups (broad SMARTS) is 1. The Morgan fingerprint density at radius 3 is 2.19 bits per heavy atom. The second kappa shape index (κ2) is 9.45. The van der Waals surface area contributed by atoms with Crippen LogP contribution in [-0.4, -0.2) is 37.2 Å². The van der Waals surface area contributed by atoms with Gasteiger partial charge in [0.15, 0.2) is 0 Å². The zero-order valence-electron chi connectivity index (χ0n) is 16.8. The average molecular weight is 421 g/mol. The van der Waals surface area contributed by atoms with Crippen molar-refractivity contribution < 1.29 is 33.7 Å². The predicted molar refractivity (Wildman–Crippen MR) is 112 cm³/mol. The van der Waals surface area contributed by atoms with E-state index in [1.807, 2.05) is 0 Å². The molecule has 1 aliphatic rings. The van der Waals surface area contributed by atoms with Crippen LogP contribution in [0.3, 0.4) is 0 Å². The monoisotopic (exact) mass is 421 g/mol. The van der Waals surface area contributed by atoms with Crippen molar-refractivity contribution in [1.29, 1.82) is 0 Å². The van der Waals surface area contributed by atoms with Gasteiger partial charge >= 0.3 is 17.9 Å². The first-order chi connectivity index (χ1) is 15.0. The van der Waals surface area contributed by atoms with Gasteiger partial charge < -0.3 is 24.2 Å². The van der Waals surface area contributed by atoms with Crippen molar-refractivity contribution in [3.8, 4) is 11.5 Å². The van der Waals surface area contributed by atoms with Crippen molar-refractivity contribution in [3.05, 3.63) is 89.8 Å². The van der Waals surface area contributed by atoms with Crippen LogP contribution in [0.2, 0.25) is 0 Å². The lowest BCUT2D eigenvalue weighted by Crippen LogP contribution is -2.26. The summed E-state index contributed by atoms with van der Waals surface area (Å²) in [7, 11) is 2.44. The quantitative estimate of drug-likeness (QED) is 0.705. The molecular weight excluding hydrogens is 402 g/mol. The van der Waals surface area contributed by atoms with E-state index >= 15 is 0 Å². The van der Waals surface area contributed by atoms with Gasteiger partial charge in [-0.15, -0.1) is 0 Å². The highest BCUT2D eigenvalue weighted by Gasteiger charge is 2.27. The van der Waals surface area contributed by atoms with Crippen molar-refractivity contribution in [2.24, 2.45) is 0 Å². The Bertz CT molecular complexity index is 1100. The number of hydrogen-bond acceptors (Lipinski definition) is 7. The molecule has 0 fully saturated rings. The zero-order valence-corrected chi connectivity index (χ0v) is 16.8. The van der Waals surface area contributed by atoms with Crippen LogP contribution in [0.15, 0.2) is 84.2 Å². The number of rotatable bonds is 6. The number of nitrogens with zero attached hydrogens (tertiary/aromatic N) is 1. The van der Waals surface area contributed by atoms with Crippen molar-refractivity contribution in [2.75, 3.05) is 19.1 Å². The van der Waals surface area contributed by atoms with Crippen molar-refractivity contribution >= 4 is 23.6 Å². The van der Waals surface area contributed by atoms with E-state index < -0.39 is 17.9 Å². The van der Waals surface area contributed by atoms with Gasteiger partial charge in [-0.2, -0.15) is 0 Å². The third-order valence-electron chi connectivity index (χ3n) is 4.35. The molecule has 0 saturated carbocycles. The molecule has 0 aromatic heterocycles. The van der Waals surface area contributed by atoms with Crippen molar-refractivity contribution in [1.82, 2.24) is 0 Å². The molecule has 0 aliphatic carbocycles. The van der Waals surface area contributed by atoms with E-state index in [4.69, 9.17) is 14.2 Å². The van der Waals surface area contributed by atoms with Crippen LogP contribution in [0.4, 0.5) is 5.69 Å². The third-order valence-corrected chi connectivity index (χ3v) is 4.35. The first-order valence-electron chi connectivity index (χ1n) is 9.11. The van der Waals surface area contributed by atoms with Gasteiger partial charge in [0.2, 0.25) is 0 Å². The number of hydrogen-bond donors (Lipinski definition) is 1. The maximum Gasteiger partial charge on any atom is 0.355 e. The zero-order chi connectivity index (χ0) is 22.4. The van der Waals surface area contributed by atoms with Gasteiger partial charge in [-0.25, -0.2) is 14.4 Å². The van der Waals surface area contributed by atoms with Crippen LogP contribution in [0.1, 0.15) is 10.4 Å². The average Bonchev–Trinajstić information content (AvgIpc) is 3.02. The lowest BCUT2D eigenvalue weighted by atomic mass is 10.1. The molecular formula is C23H19NO7. The molecule has 0 bridgehead atoms. The molecule has 2 aromatic carbocycles. The largest absolute Gasteiger partial charge is 0.478 e. The van der Waals surface area contributed by atoms with E-state index in [0.29, 0.717) is 11.4 Å². The maximum absolute atomic E-state index is 12.5. The maximum atomic E-state index is 12.5. The summed E-state index contributed by atoms with van der Waals surface area (Å²) in [6, 6.07) is 12.8. The van der Waals surface area contributed by atoms with Crippen LogP contribution in [-0.2, 0) is 19.1 Å². The Balaban J connectivity index is 1.96. The Morgan fingerprint density at radius 2 is 1.55 bits per heavy atom. The number of allylic oxidation sites excluding steroid dienone is 2. The SMILES string of the molecule is COC(=O)C1=C(C(=O)OC)N(c2ccc(Oc3ccccc3C(=O)O)cc2)C=CC=C1. The van der Waals surface area contributed by atoms with Crippen LogP contribution < -0.4 is 9.64 Å². The fraction of sp³-hybridized carbons (Fsp3) is 0.0870. The Morgan fingerprint density at radius 1 is 0.871 bits per heavy atom. The molecule has 0 saturated heterocycles. The number of aromatic carboxylic acids is 1. The Hall–Kier alpha value is -4.33. The molecule has 2 aromatic rings. The highest BCUT2D eigenvalue weighted by molar-refractivity contribution is 6.05. The number of benzene rings is 2. The second-order valence-corrected chi connectivity index (χ2v) is 6.21. The smallest absolute Gasteiger partial charge is 0.355 e. The van der Waals surface area contributed by atoms with E-state index in [-0.39, 0.29) is 22.6 Å². The number of carbonyl (C=O) groups excluding carboxylic acids is 2. The van der Waals surface area contributed by atoms with Gasteiger partial charge in [-0.05, 0) is 48.6 Å². The number of esters is 2. The van der Waals surface area contributed by atoms with Crippen molar-refractivity contribution in [2.45, 2.75) is 0 Å². The summed E-state index contributed by atoms with van der Waals surface area (Å²) in [5.41, 5.74) is 0.603. The van der Waals surface area contributed by atoms with Crippen LogP contribution in [0.5, 0.6) is 11.5 Å². The highest BCUT2D eigenvalue weighted by atomic mass is 16.5. The number of methoxy groups -OCH3 is 2. The molecule has 0 radical (unpaired) electrons. The minimum Gasteiger partial charge on any atom is -0.478 e. The molecule has 0 spiro atoms. The summed E-state index contributed by atoms with van der Waals surface area (Å²) in [6.07, 6.45) is 6.34. The van der Waals surface area contributed by atoms with Gasteiger partial charge in [0.25, 0.3) is 0 Å². The standard InChI is InChI=1S/C23H19NO7/c1-29-22(27)18-8-5-6-14-24(20(18)23(28)30-2)15-10-12-16(13-11-15)31-19-9-4-3-7-17(19)21(25)26/h3-14H,1-2H3,(H,25,26). The number of para-hydroxylation sites is 1. The molecule has 1 heterocycles. The van der Waals surface area contributed by atoms with E-state index in [9.17, 15) is 19.5 Å². The van der Waals surface area contributed by atoms with Crippen LogP contribution in [0, 0.1) is 0 Å². The second-order valence-electron chi connectivity index (χ2n) is 6.21. The highest BCUT2D eigenvalue weighted by Crippen LogP contribution is 2.30. The summed E-state index contributed by atoms with van der Waals surface area (Å²) >= 11 is 0. The van der Waals surface area contributed by atoms with Gasteiger partial charge in [-0.3, -0.25) is 0 Å². The molecule has 8 nitrogen and oxygen atoms in total. The molecule has 158 valence electrons. The topological polar surface area (TPSA) is 102 Å². The summed E-state index contributed by atoms with van der Waals surface area (Å²) in [6.45, 7) is 0. The Kier molecular flexibility index (Phi) is 6.51. The van der Waals surface area contributed by atoms with Crippen LogP contribution >= 0.6 is 0 Å². The fourth-order valence-corrected chi connectivity index (χ4v) is 2.90. The van der Waals surface area contributed by atoms with Crippen LogP contribution in [0.25, 0.3) is 0 Å². The summed E-state index contributed by atoms with van der Waals surface area (Å²) in [5.74, 6) is -1.91. The van der Waals surface area contributed by atoms with Crippen molar-refractivity contribution in [3.63, 3.8) is 0 Å². The molecule has 1 aliphatic heterocycles. The lowest BCUT2D eigenvalue weighted by molar-refractivity contribution is -0.139. The van der Waals surface area contributed by atoms with Gasteiger partial charge in [-0.1, -0.05) is 18.2 Å². The molecule has 0 unspecified atom stereocenters. The minimum absolute atomic E-state index is 0.00996. The Labute approximate surface area is 178 Å². The van der Waals surface area contributed by atoms with Gasteiger partial charge in [0, 0.05) is 11.9 Å². The molecule has 0 amide bonds. The van der Waals surface area contributed by atoms with E-state index in [1.54, 1.807) is 60.8 Å². The summed E-state index contributed by atoms with van der Waals surface area (Å²) in [4.78, 5) is 37.5. The minimum atomic E-state index is -1.10. The predicted octanol–water partition coefficient (Wildman–Crippen LogP) is 3.67. The third kappa shape index (κ3) is 4.64. The summed E-state index contributed by atoms with van der Waals surface area (Å²) in [5, 5.41) is 9.29. The number of ether oxygens (including phenoxy) is 3. The molecule has 8 heteroatoms. The van der Waals surface area contributed by atoms with E-state index in [2.05, 4.69) is 0 Å². The summed E-state index contributed by atoms with van der Waals surface area (Å²) < 4.78 is 15.4. The van der Waals surface area contributed by atoms with E-state index in [1.165, 1.54) is 31.3 Å². The molecule has 3 rings (SSSR count). The molecule has 1 N–H and O–H groups in total. The normalized spacial score (nSPS) is 12.9. The first-order valence-corrected chi connectivity index (χ1v) is 9.11. The van der Waals surface area contributed by atoms with Gasteiger partial charge in [0.1, 0.15) is 22.8 Å². The van der Waals surface area contributed by atoms with Gasteiger partial charge in [0.05, 0.1) is 19.8 Å². The first kappa shape index (κ1) is 21.4. The molecule has 0 atom stereocenters.